The lowest BCUT2D eigenvalue weighted by molar-refractivity contribution is -0.976. The summed E-state index contributed by atoms with van der Waals surface area (Å²) in [6.45, 7) is 10.1. The van der Waals surface area contributed by atoms with Gasteiger partial charge in [0.05, 0.1) is 12.1 Å². The number of quaternary nitrogens is 1. The van der Waals surface area contributed by atoms with Gasteiger partial charge in [-0.15, -0.1) is 0 Å². The van der Waals surface area contributed by atoms with Crippen LogP contribution in [0.5, 0.6) is 0 Å². The Morgan fingerprint density at radius 3 is 2.00 bits per heavy atom. The average Bonchev–Trinajstić information content (AvgIpc) is 2.78. The first-order valence-corrected chi connectivity index (χ1v) is 10.5. The second-order valence-corrected chi connectivity index (χ2v) is 8.13. The normalized spacial score (nSPS) is 26.2. The largest absolute Gasteiger partial charge is 0.284 e. The van der Waals surface area contributed by atoms with Gasteiger partial charge in [0.25, 0.3) is 0 Å². The first-order chi connectivity index (χ1) is 14.2. The fourth-order valence-corrected chi connectivity index (χ4v) is 5.18. The van der Waals surface area contributed by atoms with Crippen LogP contribution in [0.4, 0.5) is 0 Å². The predicted molar refractivity (Wildman–Crippen MR) is 123 cm³/mol. The maximum atomic E-state index is 4.63. The number of likely N-dealkylation sites (tertiary alicyclic amines) is 1. The zero-order chi connectivity index (χ0) is 20.3. The lowest BCUT2D eigenvalue weighted by Gasteiger charge is -2.61. The van der Waals surface area contributed by atoms with Gasteiger partial charge in [-0.1, -0.05) is 97.6 Å². The van der Waals surface area contributed by atoms with Crippen molar-refractivity contribution in [2.45, 2.75) is 38.4 Å². The lowest BCUT2D eigenvalue weighted by atomic mass is 9.68. The van der Waals surface area contributed by atoms with E-state index >= 15 is 0 Å². The van der Waals surface area contributed by atoms with Crippen molar-refractivity contribution in [1.82, 2.24) is 0 Å². The van der Waals surface area contributed by atoms with E-state index in [0.717, 1.165) is 11.0 Å². The van der Waals surface area contributed by atoms with E-state index in [4.69, 9.17) is 0 Å². The highest BCUT2D eigenvalue weighted by atomic mass is 15.4. The van der Waals surface area contributed by atoms with Gasteiger partial charge in [-0.05, 0) is 31.1 Å². The smallest absolute Gasteiger partial charge is 0.132 e. The second-order valence-electron chi connectivity index (χ2n) is 8.13. The summed E-state index contributed by atoms with van der Waals surface area (Å²) in [6, 6.07) is 33.3. The van der Waals surface area contributed by atoms with Gasteiger partial charge in [-0.3, -0.25) is 4.48 Å². The number of benzene rings is 3. The SMILES string of the molecule is C=C(c1ccccc1)[C@@H]1[C@@H](c2ccccc2)[C@H](C)[N@@+]1(C=CC)Cc1ccccc1. The third kappa shape index (κ3) is 3.47. The van der Waals surface area contributed by atoms with E-state index in [2.05, 4.69) is 124 Å². The van der Waals surface area contributed by atoms with Gasteiger partial charge in [-0.2, -0.15) is 0 Å². The molecular formula is C28H30N+. The predicted octanol–water partition coefficient (Wildman–Crippen LogP) is 6.80. The molecule has 146 valence electrons. The van der Waals surface area contributed by atoms with Crippen molar-refractivity contribution in [1.29, 1.82) is 0 Å². The van der Waals surface area contributed by atoms with Crippen LogP contribution in [-0.4, -0.2) is 16.6 Å². The number of hydrogen-bond donors (Lipinski definition) is 0. The Balaban J connectivity index is 1.80. The van der Waals surface area contributed by atoms with E-state index in [-0.39, 0.29) is 0 Å². The minimum atomic E-state index is 0.311. The Hall–Kier alpha value is -2.90. The molecule has 0 aliphatic carbocycles. The zero-order valence-corrected chi connectivity index (χ0v) is 17.4. The highest BCUT2D eigenvalue weighted by Crippen LogP contribution is 2.53. The first kappa shape index (κ1) is 19.4. The van der Waals surface area contributed by atoms with Gasteiger partial charge in [0.1, 0.15) is 18.6 Å². The van der Waals surface area contributed by atoms with Gasteiger partial charge in [-0.25, -0.2) is 0 Å². The molecular weight excluding hydrogens is 350 g/mol. The van der Waals surface area contributed by atoms with Crippen LogP contribution in [0.2, 0.25) is 0 Å². The van der Waals surface area contributed by atoms with Crippen LogP contribution in [0.1, 0.15) is 36.5 Å². The molecule has 1 nitrogen and oxygen atoms in total. The van der Waals surface area contributed by atoms with Gasteiger partial charge >= 0.3 is 0 Å². The number of hydrogen-bond acceptors (Lipinski definition) is 0. The van der Waals surface area contributed by atoms with Crippen LogP contribution in [0.25, 0.3) is 5.57 Å². The van der Waals surface area contributed by atoms with E-state index in [1.165, 1.54) is 22.3 Å². The van der Waals surface area contributed by atoms with Gasteiger partial charge in [0, 0.05) is 11.1 Å². The van der Waals surface area contributed by atoms with E-state index in [1.54, 1.807) is 0 Å². The molecule has 3 aromatic rings. The van der Waals surface area contributed by atoms with Gasteiger partial charge < -0.3 is 0 Å². The Labute approximate surface area is 175 Å². The van der Waals surface area contributed by atoms with Crippen LogP contribution in [0, 0.1) is 0 Å². The van der Waals surface area contributed by atoms with Crippen LogP contribution in [0.3, 0.4) is 0 Å². The maximum absolute atomic E-state index is 4.63. The Morgan fingerprint density at radius 2 is 1.41 bits per heavy atom. The molecule has 1 heteroatoms. The monoisotopic (exact) mass is 380 g/mol. The molecule has 1 aliphatic rings. The maximum Gasteiger partial charge on any atom is 0.132 e. The van der Waals surface area contributed by atoms with Gasteiger partial charge in [0.15, 0.2) is 0 Å². The summed E-state index contributed by atoms with van der Waals surface area (Å²) in [4.78, 5) is 0. The molecule has 0 N–H and O–H groups in total. The highest BCUT2D eigenvalue weighted by molar-refractivity contribution is 5.69. The standard InChI is InChI=1S/C28H30N/c1-4-20-29(21-24-14-8-5-9-15-24)23(3)27(26-18-12-7-13-19-26)28(29)22(2)25-16-10-6-11-17-25/h4-20,23,27-28H,2,21H2,1,3H3/q+1/t23-,27+,28+,29+/m0/s1. The van der Waals surface area contributed by atoms with Crippen LogP contribution in [-0.2, 0) is 6.54 Å². The highest BCUT2D eigenvalue weighted by Gasteiger charge is 2.61. The molecule has 0 spiro atoms. The summed E-state index contributed by atoms with van der Waals surface area (Å²) < 4.78 is 0.911. The Kier molecular flexibility index (Phi) is 5.51. The molecule has 3 aromatic carbocycles. The number of nitrogens with zero attached hydrogens (tertiary/aromatic N) is 1. The van der Waals surface area contributed by atoms with Crippen molar-refractivity contribution < 1.29 is 4.48 Å². The summed E-state index contributed by atoms with van der Waals surface area (Å²) in [5, 5.41) is 0. The van der Waals surface area contributed by atoms with E-state index in [0.29, 0.717) is 18.0 Å². The van der Waals surface area contributed by atoms with Crippen molar-refractivity contribution in [2.75, 3.05) is 0 Å². The number of rotatable bonds is 6. The lowest BCUT2D eigenvalue weighted by Crippen LogP contribution is -2.71. The van der Waals surface area contributed by atoms with Crippen molar-refractivity contribution >= 4 is 5.57 Å². The van der Waals surface area contributed by atoms with Crippen LogP contribution >= 0.6 is 0 Å². The third-order valence-electron chi connectivity index (χ3n) is 6.55. The molecule has 0 saturated carbocycles. The van der Waals surface area contributed by atoms with Crippen LogP contribution < -0.4 is 0 Å². The molecule has 1 heterocycles. The van der Waals surface area contributed by atoms with E-state index in [9.17, 15) is 0 Å². The third-order valence-corrected chi connectivity index (χ3v) is 6.55. The summed E-state index contributed by atoms with van der Waals surface area (Å²) in [5.74, 6) is 0.448. The molecule has 29 heavy (non-hydrogen) atoms. The van der Waals surface area contributed by atoms with Crippen molar-refractivity contribution in [3.05, 3.63) is 127 Å². The van der Waals surface area contributed by atoms with E-state index < -0.39 is 0 Å². The molecule has 0 unspecified atom stereocenters. The summed E-state index contributed by atoms with van der Waals surface area (Å²) in [6.07, 6.45) is 4.61. The molecule has 1 aliphatic heterocycles. The molecule has 1 fully saturated rings. The fourth-order valence-electron chi connectivity index (χ4n) is 5.18. The summed E-state index contributed by atoms with van der Waals surface area (Å²) in [7, 11) is 0. The molecule has 4 atom stereocenters. The Morgan fingerprint density at radius 1 is 0.862 bits per heavy atom. The minimum Gasteiger partial charge on any atom is -0.284 e. The summed E-state index contributed by atoms with van der Waals surface area (Å²) in [5.41, 5.74) is 5.25. The average molecular weight is 381 g/mol. The molecule has 0 aromatic heterocycles. The summed E-state index contributed by atoms with van der Waals surface area (Å²) >= 11 is 0. The fraction of sp³-hybridized carbons (Fsp3) is 0.214. The second kappa shape index (κ2) is 8.23. The molecule has 0 amide bonds. The quantitative estimate of drug-likeness (QED) is 0.412. The van der Waals surface area contributed by atoms with Crippen molar-refractivity contribution in [2.24, 2.45) is 0 Å². The zero-order valence-electron chi connectivity index (χ0n) is 17.4. The molecule has 0 radical (unpaired) electrons. The minimum absolute atomic E-state index is 0.311. The van der Waals surface area contributed by atoms with E-state index in [1.807, 2.05) is 0 Å². The van der Waals surface area contributed by atoms with Crippen molar-refractivity contribution in [3.63, 3.8) is 0 Å². The van der Waals surface area contributed by atoms with Crippen LogP contribution in [0.15, 0.2) is 110 Å². The molecule has 0 bridgehead atoms. The first-order valence-electron chi connectivity index (χ1n) is 10.5. The Bertz CT molecular complexity index is 975. The molecule has 4 rings (SSSR count). The topological polar surface area (TPSA) is 0 Å². The number of allylic oxidation sites excluding steroid dienone is 1. The van der Waals surface area contributed by atoms with Crippen molar-refractivity contribution in [3.8, 4) is 0 Å². The molecule has 1 saturated heterocycles. The van der Waals surface area contributed by atoms with Gasteiger partial charge in [0.2, 0.25) is 0 Å².